The number of carboxylic acid groups (broad SMARTS) is 1. The molecule has 1 saturated heterocycles. The van der Waals surface area contributed by atoms with Gasteiger partial charge in [-0.3, -0.25) is 9.59 Å². The van der Waals surface area contributed by atoms with Gasteiger partial charge in [0, 0.05) is 6.54 Å². The van der Waals surface area contributed by atoms with Crippen molar-refractivity contribution in [3.8, 4) is 0 Å². The van der Waals surface area contributed by atoms with Crippen LogP contribution in [0.5, 0.6) is 0 Å². The molecular formula is C14H18N2O4. The standard InChI is InChI=1S/C14H18N2O4/c15-11(14(13(18)19)6-7-16-9-14)12(17)20-8-10-4-2-1-3-5-10/h1-5,11,16H,6-9,15H2,(H,18,19). The van der Waals surface area contributed by atoms with Crippen LogP contribution in [0, 0.1) is 5.41 Å². The first kappa shape index (κ1) is 14.5. The number of hydrogen-bond acceptors (Lipinski definition) is 5. The van der Waals surface area contributed by atoms with Crippen molar-refractivity contribution in [1.29, 1.82) is 0 Å². The largest absolute Gasteiger partial charge is 0.481 e. The molecular weight excluding hydrogens is 260 g/mol. The van der Waals surface area contributed by atoms with Crippen LogP contribution in [0.3, 0.4) is 0 Å². The van der Waals surface area contributed by atoms with Gasteiger partial charge in [0.2, 0.25) is 0 Å². The zero-order valence-corrected chi connectivity index (χ0v) is 11.0. The monoisotopic (exact) mass is 278 g/mol. The molecule has 0 spiro atoms. The highest BCUT2D eigenvalue weighted by Crippen LogP contribution is 2.29. The van der Waals surface area contributed by atoms with E-state index in [1.54, 1.807) is 0 Å². The molecule has 2 rings (SSSR count). The van der Waals surface area contributed by atoms with E-state index in [4.69, 9.17) is 10.5 Å². The molecule has 20 heavy (non-hydrogen) atoms. The summed E-state index contributed by atoms with van der Waals surface area (Å²) in [5.74, 6) is -1.74. The van der Waals surface area contributed by atoms with Gasteiger partial charge in [-0.05, 0) is 18.5 Å². The van der Waals surface area contributed by atoms with Gasteiger partial charge >= 0.3 is 11.9 Å². The molecule has 1 aliphatic rings. The van der Waals surface area contributed by atoms with Crippen molar-refractivity contribution in [2.75, 3.05) is 13.1 Å². The smallest absolute Gasteiger partial charge is 0.324 e. The fourth-order valence-corrected chi connectivity index (χ4v) is 2.34. The molecule has 1 heterocycles. The molecule has 1 aromatic carbocycles. The Labute approximate surface area is 116 Å². The number of nitrogens with one attached hydrogen (secondary N) is 1. The van der Waals surface area contributed by atoms with Crippen LogP contribution in [0.1, 0.15) is 12.0 Å². The number of ether oxygens (including phenoxy) is 1. The number of rotatable bonds is 5. The Morgan fingerprint density at radius 3 is 2.65 bits per heavy atom. The van der Waals surface area contributed by atoms with E-state index in [-0.39, 0.29) is 13.2 Å². The second kappa shape index (κ2) is 6.02. The molecule has 108 valence electrons. The number of nitrogens with two attached hydrogens (primary N) is 1. The number of benzene rings is 1. The fourth-order valence-electron chi connectivity index (χ4n) is 2.34. The van der Waals surface area contributed by atoms with Crippen LogP contribution < -0.4 is 11.1 Å². The molecule has 4 N–H and O–H groups in total. The minimum Gasteiger partial charge on any atom is -0.481 e. The Bertz CT molecular complexity index is 483. The van der Waals surface area contributed by atoms with E-state index < -0.39 is 23.4 Å². The van der Waals surface area contributed by atoms with Crippen molar-refractivity contribution in [3.63, 3.8) is 0 Å². The summed E-state index contributed by atoms with van der Waals surface area (Å²) in [5.41, 5.74) is 5.39. The summed E-state index contributed by atoms with van der Waals surface area (Å²) in [6, 6.07) is 8.01. The van der Waals surface area contributed by atoms with Gasteiger partial charge in [-0.2, -0.15) is 0 Å². The summed E-state index contributed by atoms with van der Waals surface area (Å²) in [5, 5.41) is 12.3. The van der Waals surface area contributed by atoms with Gasteiger partial charge in [0.15, 0.2) is 0 Å². The van der Waals surface area contributed by atoms with Gasteiger partial charge in [-0.25, -0.2) is 0 Å². The summed E-state index contributed by atoms with van der Waals surface area (Å²) in [6.07, 6.45) is 0.323. The number of carbonyl (C=O) groups is 2. The molecule has 0 aromatic heterocycles. The minimum absolute atomic E-state index is 0.0938. The van der Waals surface area contributed by atoms with Gasteiger partial charge in [0.05, 0.1) is 0 Å². The molecule has 2 unspecified atom stereocenters. The van der Waals surface area contributed by atoms with E-state index in [9.17, 15) is 14.7 Å². The maximum absolute atomic E-state index is 12.0. The van der Waals surface area contributed by atoms with E-state index in [1.165, 1.54) is 0 Å². The maximum atomic E-state index is 12.0. The average Bonchev–Trinajstić information content (AvgIpc) is 2.96. The Morgan fingerprint density at radius 1 is 1.40 bits per heavy atom. The lowest BCUT2D eigenvalue weighted by Gasteiger charge is -2.28. The highest BCUT2D eigenvalue weighted by molar-refractivity contribution is 5.87. The number of esters is 1. The van der Waals surface area contributed by atoms with Crippen molar-refractivity contribution < 1.29 is 19.4 Å². The predicted molar refractivity (Wildman–Crippen MR) is 71.8 cm³/mol. The van der Waals surface area contributed by atoms with Gasteiger partial charge in [-0.1, -0.05) is 30.3 Å². The van der Waals surface area contributed by atoms with E-state index in [0.29, 0.717) is 13.0 Å². The Kier molecular flexibility index (Phi) is 4.36. The van der Waals surface area contributed by atoms with Gasteiger partial charge in [-0.15, -0.1) is 0 Å². The lowest BCUT2D eigenvalue weighted by Crippen LogP contribution is -2.54. The molecule has 0 amide bonds. The number of carboxylic acids is 1. The van der Waals surface area contributed by atoms with Crippen LogP contribution in [0.4, 0.5) is 0 Å². The van der Waals surface area contributed by atoms with Gasteiger partial charge < -0.3 is 20.9 Å². The normalized spacial score (nSPS) is 23.2. The first-order chi connectivity index (χ1) is 9.56. The number of aliphatic carboxylic acids is 1. The third-order valence-electron chi connectivity index (χ3n) is 3.69. The van der Waals surface area contributed by atoms with Crippen LogP contribution in [-0.4, -0.2) is 36.2 Å². The van der Waals surface area contributed by atoms with Crippen molar-refractivity contribution in [3.05, 3.63) is 35.9 Å². The second-order valence-corrected chi connectivity index (χ2v) is 4.96. The molecule has 1 aliphatic heterocycles. The van der Waals surface area contributed by atoms with Crippen LogP contribution in [-0.2, 0) is 20.9 Å². The van der Waals surface area contributed by atoms with Crippen molar-refractivity contribution in [2.45, 2.75) is 19.1 Å². The zero-order chi connectivity index (χ0) is 14.6. The van der Waals surface area contributed by atoms with Crippen LogP contribution in [0.25, 0.3) is 0 Å². The molecule has 0 radical (unpaired) electrons. The molecule has 0 saturated carbocycles. The summed E-state index contributed by atoms with van der Waals surface area (Å²) >= 11 is 0. The highest BCUT2D eigenvalue weighted by Gasteiger charge is 2.50. The van der Waals surface area contributed by atoms with Gasteiger partial charge in [0.25, 0.3) is 0 Å². The van der Waals surface area contributed by atoms with Crippen LogP contribution in [0.2, 0.25) is 0 Å². The number of hydrogen-bond donors (Lipinski definition) is 3. The summed E-state index contributed by atoms with van der Waals surface area (Å²) in [7, 11) is 0. The lowest BCUT2D eigenvalue weighted by molar-refractivity contribution is -0.160. The topological polar surface area (TPSA) is 102 Å². The predicted octanol–water partition coefficient (Wildman–Crippen LogP) is 0.121. The van der Waals surface area contributed by atoms with Crippen LogP contribution in [0.15, 0.2) is 30.3 Å². The molecule has 1 aromatic rings. The SMILES string of the molecule is NC(C(=O)OCc1ccccc1)C1(C(=O)O)CCNC1. The van der Waals surface area contributed by atoms with Crippen molar-refractivity contribution in [2.24, 2.45) is 11.1 Å². The third kappa shape index (κ3) is 2.81. The van der Waals surface area contributed by atoms with E-state index in [2.05, 4.69) is 5.32 Å². The quantitative estimate of drug-likeness (QED) is 0.661. The Hall–Kier alpha value is -1.92. The van der Waals surface area contributed by atoms with E-state index >= 15 is 0 Å². The van der Waals surface area contributed by atoms with E-state index in [1.807, 2.05) is 30.3 Å². The Morgan fingerprint density at radius 2 is 2.10 bits per heavy atom. The van der Waals surface area contributed by atoms with Crippen molar-refractivity contribution in [1.82, 2.24) is 5.32 Å². The summed E-state index contributed by atoms with van der Waals surface area (Å²) < 4.78 is 5.12. The minimum atomic E-state index is -1.27. The molecule has 0 bridgehead atoms. The van der Waals surface area contributed by atoms with Crippen molar-refractivity contribution >= 4 is 11.9 Å². The zero-order valence-electron chi connectivity index (χ0n) is 11.0. The maximum Gasteiger partial charge on any atom is 0.324 e. The second-order valence-electron chi connectivity index (χ2n) is 4.96. The summed E-state index contributed by atoms with van der Waals surface area (Å²) in [4.78, 5) is 23.4. The highest BCUT2D eigenvalue weighted by atomic mass is 16.5. The molecule has 6 heteroatoms. The summed E-state index contributed by atoms with van der Waals surface area (Å²) in [6.45, 7) is 0.812. The third-order valence-corrected chi connectivity index (χ3v) is 3.69. The van der Waals surface area contributed by atoms with Gasteiger partial charge in [0.1, 0.15) is 18.1 Å². The first-order valence-electron chi connectivity index (χ1n) is 6.46. The molecule has 0 aliphatic carbocycles. The lowest BCUT2D eigenvalue weighted by atomic mass is 9.80. The average molecular weight is 278 g/mol. The van der Waals surface area contributed by atoms with E-state index in [0.717, 1.165) is 5.56 Å². The molecule has 2 atom stereocenters. The molecule has 1 fully saturated rings. The van der Waals surface area contributed by atoms with Crippen LogP contribution >= 0.6 is 0 Å². The number of carbonyl (C=O) groups excluding carboxylic acids is 1. The molecule has 6 nitrogen and oxygen atoms in total. The fraction of sp³-hybridized carbons (Fsp3) is 0.429. The first-order valence-corrected chi connectivity index (χ1v) is 6.46. The Balaban J connectivity index is 1.99.